The second-order valence-corrected chi connectivity index (χ2v) is 6.16. The van der Waals surface area contributed by atoms with Crippen molar-refractivity contribution in [2.75, 3.05) is 5.32 Å². The summed E-state index contributed by atoms with van der Waals surface area (Å²) in [5.41, 5.74) is 4.86. The molecule has 0 spiro atoms. The lowest BCUT2D eigenvalue weighted by Crippen LogP contribution is -2.15. The number of nitrogens with one attached hydrogen (secondary N) is 1. The van der Waals surface area contributed by atoms with E-state index in [0.717, 1.165) is 17.7 Å². The highest BCUT2D eigenvalue weighted by Crippen LogP contribution is 2.23. The number of amides is 1. The number of carbonyl (C=O) groups excluding carboxylic acids is 1. The van der Waals surface area contributed by atoms with Crippen molar-refractivity contribution in [3.63, 3.8) is 0 Å². The average molecular weight is 317 g/mol. The van der Waals surface area contributed by atoms with Crippen molar-refractivity contribution >= 4 is 11.7 Å². The van der Waals surface area contributed by atoms with Gasteiger partial charge in [0, 0.05) is 12.3 Å². The van der Waals surface area contributed by atoms with Crippen LogP contribution in [0.3, 0.4) is 0 Å². The van der Waals surface area contributed by atoms with Crippen LogP contribution in [0, 0.1) is 0 Å². The van der Waals surface area contributed by atoms with Gasteiger partial charge >= 0.3 is 0 Å². The Bertz CT molecular complexity index is 868. The van der Waals surface area contributed by atoms with Gasteiger partial charge in [-0.1, -0.05) is 36.4 Å². The van der Waals surface area contributed by atoms with Crippen LogP contribution >= 0.6 is 0 Å². The minimum absolute atomic E-state index is 0.0359. The molecule has 0 saturated heterocycles. The summed E-state index contributed by atoms with van der Waals surface area (Å²) < 4.78 is 1.75. The Morgan fingerprint density at radius 3 is 2.75 bits per heavy atom. The van der Waals surface area contributed by atoms with Gasteiger partial charge in [-0.05, 0) is 48.1 Å². The normalized spacial score (nSPS) is 12.8. The maximum atomic E-state index is 12.3. The quantitative estimate of drug-likeness (QED) is 0.800. The van der Waals surface area contributed by atoms with Crippen LogP contribution in [-0.2, 0) is 24.1 Å². The molecule has 120 valence electrons. The third-order valence-corrected chi connectivity index (χ3v) is 4.40. The van der Waals surface area contributed by atoms with Gasteiger partial charge in [0.1, 0.15) is 0 Å². The largest absolute Gasteiger partial charge is 0.309 e. The van der Waals surface area contributed by atoms with Crippen molar-refractivity contribution in [2.24, 2.45) is 0 Å². The van der Waals surface area contributed by atoms with E-state index in [9.17, 15) is 4.79 Å². The van der Waals surface area contributed by atoms with Crippen molar-refractivity contribution in [3.8, 4) is 5.69 Å². The van der Waals surface area contributed by atoms with E-state index in [2.05, 4.69) is 28.6 Å². The fourth-order valence-corrected chi connectivity index (χ4v) is 3.22. The van der Waals surface area contributed by atoms with Crippen LogP contribution in [0.4, 0.5) is 5.82 Å². The first-order valence-electron chi connectivity index (χ1n) is 8.29. The SMILES string of the molecule is O=C(Cc1ccc2c(c1)CCC2)Nc1ccn(-c2ccccc2)n1. The molecule has 1 heterocycles. The topological polar surface area (TPSA) is 46.9 Å². The van der Waals surface area contributed by atoms with E-state index in [-0.39, 0.29) is 5.91 Å². The molecule has 4 heteroatoms. The van der Waals surface area contributed by atoms with E-state index in [4.69, 9.17) is 0 Å². The summed E-state index contributed by atoms with van der Waals surface area (Å²) >= 11 is 0. The van der Waals surface area contributed by atoms with Crippen LogP contribution in [0.5, 0.6) is 0 Å². The Kier molecular flexibility index (Phi) is 3.87. The van der Waals surface area contributed by atoms with Crippen LogP contribution in [0.1, 0.15) is 23.1 Å². The summed E-state index contributed by atoms with van der Waals surface area (Å²) in [6.45, 7) is 0. The van der Waals surface area contributed by atoms with Crippen molar-refractivity contribution in [2.45, 2.75) is 25.7 Å². The maximum Gasteiger partial charge on any atom is 0.229 e. The smallest absolute Gasteiger partial charge is 0.229 e. The number of rotatable bonds is 4. The zero-order valence-corrected chi connectivity index (χ0v) is 13.4. The number of anilines is 1. The van der Waals surface area contributed by atoms with Gasteiger partial charge in [-0.3, -0.25) is 4.79 Å². The molecule has 4 rings (SSSR count). The van der Waals surface area contributed by atoms with Gasteiger partial charge < -0.3 is 5.32 Å². The lowest BCUT2D eigenvalue weighted by atomic mass is 10.0. The molecule has 1 amide bonds. The van der Waals surface area contributed by atoms with Crippen LogP contribution < -0.4 is 5.32 Å². The standard InChI is InChI=1S/C20H19N3O/c24-20(14-15-9-10-16-5-4-6-17(16)13-15)21-19-11-12-23(22-19)18-7-2-1-3-8-18/h1-3,7-13H,4-6,14H2,(H,21,22,24). The van der Waals surface area contributed by atoms with Gasteiger partial charge in [-0.2, -0.15) is 5.10 Å². The molecule has 24 heavy (non-hydrogen) atoms. The van der Waals surface area contributed by atoms with E-state index < -0.39 is 0 Å². The van der Waals surface area contributed by atoms with Gasteiger partial charge in [-0.15, -0.1) is 0 Å². The van der Waals surface area contributed by atoms with Gasteiger partial charge in [0.15, 0.2) is 5.82 Å². The molecular weight excluding hydrogens is 298 g/mol. The van der Waals surface area contributed by atoms with E-state index in [1.54, 1.807) is 4.68 Å². The van der Waals surface area contributed by atoms with Crippen molar-refractivity contribution in [3.05, 3.63) is 77.5 Å². The third kappa shape index (κ3) is 3.08. The highest BCUT2D eigenvalue weighted by atomic mass is 16.1. The molecule has 0 aliphatic heterocycles. The summed E-state index contributed by atoms with van der Waals surface area (Å²) in [7, 11) is 0. The van der Waals surface area contributed by atoms with Crippen LogP contribution in [0.25, 0.3) is 5.69 Å². The van der Waals surface area contributed by atoms with Gasteiger partial charge in [0.25, 0.3) is 0 Å². The molecule has 4 nitrogen and oxygen atoms in total. The number of fused-ring (bicyclic) bond motifs is 1. The predicted octanol–water partition coefficient (Wildman–Crippen LogP) is 3.54. The van der Waals surface area contributed by atoms with Gasteiger partial charge in [0.05, 0.1) is 12.1 Å². The zero-order valence-electron chi connectivity index (χ0n) is 13.4. The number of nitrogens with zero attached hydrogens (tertiary/aromatic N) is 2. The molecule has 1 N–H and O–H groups in total. The van der Waals surface area contributed by atoms with Crippen molar-refractivity contribution in [1.29, 1.82) is 0 Å². The van der Waals surface area contributed by atoms with E-state index in [1.807, 2.05) is 42.6 Å². The Hall–Kier alpha value is -2.88. The van der Waals surface area contributed by atoms with Crippen LogP contribution in [0.2, 0.25) is 0 Å². The Morgan fingerprint density at radius 1 is 1.04 bits per heavy atom. The third-order valence-electron chi connectivity index (χ3n) is 4.40. The fraction of sp³-hybridized carbons (Fsp3) is 0.200. The zero-order chi connectivity index (χ0) is 16.4. The Labute approximate surface area is 141 Å². The molecule has 1 aliphatic carbocycles. The molecule has 0 bridgehead atoms. The van der Waals surface area contributed by atoms with E-state index in [0.29, 0.717) is 12.2 Å². The van der Waals surface area contributed by atoms with Crippen molar-refractivity contribution < 1.29 is 4.79 Å². The first-order chi connectivity index (χ1) is 11.8. The number of benzene rings is 2. The summed E-state index contributed by atoms with van der Waals surface area (Å²) in [5, 5.41) is 7.28. The molecule has 2 aromatic carbocycles. The molecule has 0 saturated carbocycles. The lowest BCUT2D eigenvalue weighted by Gasteiger charge is -2.05. The van der Waals surface area contributed by atoms with E-state index >= 15 is 0 Å². The molecule has 0 atom stereocenters. The van der Waals surface area contributed by atoms with Gasteiger partial charge in [0.2, 0.25) is 5.91 Å². The van der Waals surface area contributed by atoms with Crippen LogP contribution in [-0.4, -0.2) is 15.7 Å². The van der Waals surface area contributed by atoms with Crippen LogP contribution in [0.15, 0.2) is 60.8 Å². The second kappa shape index (κ2) is 6.32. The van der Waals surface area contributed by atoms with Crippen molar-refractivity contribution in [1.82, 2.24) is 9.78 Å². The van der Waals surface area contributed by atoms with E-state index in [1.165, 1.54) is 24.0 Å². The van der Waals surface area contributed by atoms with Gasteiger partial charge in [-0.25, -0.2) is 4.68 Å². The number of hydrogen-bond acceptors (Lipinski definition) is 2. The monoisotopic (exact) mass is 317 g/mol. The molecule has 3 aromatic rings. The number of hydrogen-bond donors (Lipinski definition) is 1. The average Bonchev–Trinajstić information content (AvgIpc) is 3.24. The Balaban J connectivity index is 1.42. The minimum atomic E-state index is -0.0359. The summed E-state index contributed by atoms with van der Waals surface area (Å²) in [4.78, 5) is 12.3. The second-order valence-electron chi connectivity index (χ2n) is 6.16. The highest BCUT2D eigenvalue weighted by Gasteiger charge is 2.13. The lowest BCUT2D eigenvalue weighted by molar-refractivity contribution is -0.115. The fourth-order valence-electron chi connectivity index (χ4n) is 3.22. The predicted molar refractivity (Wildman–Crippen MR) is 94.4 cm³/mol. The minimum Gasteiger partial charge on any atom is -0.309 e. The molecule has 0 radical (unpaired) electrons. The first-order valence-corrected chi connectivity index (χ1v) is 8.29. The number of aromatic nitrogens is 2. The number of aryl methyl sites for hydroxylation is 2. The summed E-state index contributed by atoms with van der Waals surface area (Å²) in [6.07, 6.45) is 5.75. The maximum absolute atomic E-state index is 12.3. The molecule has 0 fully saturated rings. The molecule has 1 aromatic heterocycles. The summed E-state index contributed by atoms with van der Waals surface area (Å²) in [5.74, 6) is 0.538. The molecule has 1 aliphatic rings. The summed E-state index contributed by atoms with van der Waals surface area (Å²) in [6, 6.07) is 18.0. The number of para-hydroxylation sites is 1. The number of carbonyl (C=O) groups is 1. The highest BCUT2D eigenvalue weighted by molar-refractivity contribution is 5.91. The first kappa shape index (κ1) is 14.7. The molecule has 0 unspecified atom stereocenters. The molecular formula is C20H19N3O. The Morgan fingerprint density at radius 2 is 1.88 bits per heavy atom.